The van der Waals surface area contributed by atoms with Gasteiger partial charge in [0.25, 0.3) is 0 Å². The van der Waals surface area contributed by atoms with Crippen LogP contribution in [-0.2, 0) is 0 Å². The van der Waals surface area contributed by atoms with Crippen molar-refractivity contribution in [3.8, 4) is 0 Å². The van der Waals surface area contributed by atoms with Gasteiger partial charge in [-0.25, -0.2) is 0 Å². The number of nitrogen functional groups attached to an aromatic ring is 1. The number of para-hydroxylation sites is 1. The predicted molar refractivity (Wildman–Crippen MR) is 60.0 cm³/mol. The van der Waals surface area contributed by atoms with Gasteiger partial charge in [-0.15, -0.1) is 5.10 Å². The van der Waals surface area contributed by atoms with Gasteiger partial charge < -0.3 is 5.73 Å². The summed E-state index contributed by atoms with van der Waals surface area (Å²) in [7, 11) is 2.86. The second kappa shape index (κ2) is 4.21. The van der Waals surface area contributed by atoms with Crippen molar-refractivity contribution < 1.29 is 0 Å². The molecule has 0 saturated heterocycles. The highest BCUT2D eigenvalue weighted by molar-refractivity contribution is 7.69. The van der Waals surface area contributed by atoms with Gasteiger partial charge >= 0.3 is 0 Å². The Kier molecular flexibility index (Phi) is 2.76. The molecular formula is C8H8N4S2. The molecule has 1 heterocycles. The minimum atomic E-state index is 0.545. The lowest BCUT2D eigenvalue weighted by atomic mass is 10.3. The lowest BCUT2D eigenvalue weighted by Crippen LogP contribution is -2.03. The monoisotopic (exact) mass is 224 g/mol. The van der Waals surface area contributed by atoms with E-state index in [0.717, 1.165) is 5.69 Å². The summed E-state index contributed by atoms with van der Waals surface area (Å²) >= 11 is 0. The molecule has 0 amide bonds. The topological polar surface area (TPSA) is 63.3 Å². The first-order valence-electron chi connectivity index (χ1n) is 3.92. The maximum absolute atomic E-state index is 5.48. The van der Waals surface area contributed by atoms with Crippen molar-refractivity contribution in [3.63, 3.8) is 0 Å². The van der Waals surface area contributed by atoms with Crippen molar-refractivity contribution in [2.24, 2.45) is 5.10 Å². The molecule has 0 bridgehead atoms. The molecular weight excluding hydrogens is 216 g/mol. The molecule has 0 aliphatic rings. The van der Waals surface area contributed by atoms with Crippen molar-refractivity contribution in [2.75, 3.05) is 11.2 Å². The summed E-state index contributed by atoms with van der Waals surface area (Å²) in [6.07, 6.45) is 0. The summed E-state index contributed by atoms with van der Waals surface area (Å²) in [5.41, 5.74) is 9.31. The third-order valence-corrected chi connectivity index (χ3v) is 3.35. The average Bonchev–Trinajstić information content (AvgIpc) is 2.63. The van der Waals surface area contributed by atoms with E-state index in [0.29, 0.717) is 9.93 Å². The summed E-state index contributed by atoms with van der Waals surface area (Å²) in [5.74, 6) is 0. The van der Waals surface area contributed by atoms with Crippen LogP contribution in [0.5, 0.6) is 0 Å². The summed E-state index contributed by atoms with van der Waals surface area (Å²) in [6, 6.07) is 9.70. The number of nitrogens with one attached hydrogen (secondary N) is 1. The molecule has 0 aliphatic carbocycles. The molecule has 72 valence electrons. The van der Waals surface area contributed by atoms with Gasteiger partial charge in [0.2, 0.25) is 4.80 Å². The van der Waals surface area contributed by atoms with Crippen molar-refractivity contribution in [3.05, 3.63) is 35.1 Å². The molecule has 6 heteroatoms. The van der Waals surface area contributed by atoms with Gasteiger partial charge in [-0.1, -0.05) is 18.2 Å². The molecule has 1 aromatic heterocycles. The standard InChI is InChI=1S/C8H8N4S2/c9-7-10-8(14-13-7)12-11-6-4-2-1-3-5-6/h1-5,11H,(H2,9,10,12). The normalized spacial score (nSPS) is 11.6. The fourth-order valence-electron chi connectivity index (χ4n) is 0.880. The second-order valence-corrected chi connectivity index (χ2v) is 4.61. The lowest BCUT2D eigenvalue weighted by Gasteiger charge is -1.95. The fraction of sp³-hybridized carbons (Fsp3) is 0. The third kappa shape index (κ3) is 2.30. The van der Waals surface area contributed by atoms with Gasteiger partial charge in [0.15, 0.2) is 5.13 Å². The quantitative estimate of drug-likeness (QED) is 0.603. The predicted octanol–water partition coefficient (Wildman–Crippen LogP) is 1.71. The van der Waals surface area contributed by atoms with Gasteiger partial charge in [-0.05, 0) is 32.8 Å². The summed E-state index contributed by atoms with van der Waals surface area (Å²) in [4.78, 5) is 4.66. The van der Waals surface area contributed by atoms with Crippen LogP contribution >= 0.6 is 20.7 Å². The van der Waals surface area contributed by atoms with Gasteiger partial charge in [0.05, 0.1) is 5.69 Å². The smallest absolute Gasteiger partial charge is 0.240 e. The molecule has 2 rings (SSSR count). The van der Waals surface area contributed by atoms with Crippen LogP contribution in [0.1, 0.15) is 0 Å². The number of nitrogens with zero attached hydrogens (tertiary/aromatic N) is 2. The van der Waals surface area contributed by atoms with Crippen LogP contribution in [0, 0.1) is 0 Å². The zero-order valence-electron chi connectivity index (χ0n) is 7.18. The first-order valence-corrected chi connectivity index (χ1v) is 6.07. The van der Waals surface area contributed by atoms with Crippen molar-refractivity contribution >= 4 is 31.5 Å². The molecule has 3 N–H and O–H groups in total. The van der Waals surface area contributed by atoms with E-state index >= 15 is 0 Å². The van der Waals surface area contributed by atoms with E-state index in [1.165, 1.54) is 20.7 Å². The van der Waals surface area contributed by atoms with E-state index in [-0.39, 0.29) is 0 Å². The first-order chi connectivity index (χ1) is 6.84. The number of hydrogen-bond acceptors (Lipinski definition) is 6. The molecule has 1 aromatic carbocycles. The second-order valence-electron chi connectivity index (χ2n) is 2.49. The van der Waals surface area contributed by atoms with Gasteiger partial charge in [0.1, 0.15) is 0 Å². The molecule has 0 atom stereocenters. The van der Waals surface area contributed by atoms with E-state index < -0.39 is 0 Å². The van der Waals surface area contributed by atoms with Gasteiger partial charge in [-0.3, -0.25) is 5.43 Å². The Morgan fingerprint density at radius 3 is 2.64 bits per heavy atom. The minimum absolute atomic E-state index is 0.545. The van der Waals surface area contributed by atoms with Gasteiger partial charge in [-0.2, -0.15) is 4.98 Å². The van der Waals surface area contributed by atoms with E-state index in [9.17, 15) is 0 Å². The van der Waals surface area contributed by atoms with Crippen LogP contribution in [0.25, 0.3) is 0 Å². The minimum Gasteiger partial charge on any atom is -0.374 e. The highest BCUT2D eigenvalue weighted by Crippen LogP contribution is 2.08. The van der Waals surface area contributed by atoms with Crippen LogP contribution in [0.4, 0.5) is 10.8 Å². The number of benzene rings is 1. The number of aromatic nitrogens is 1. The van der Waals surface area contributed by atoms with Crippen molar-refractivity contribution in [1.82, 2.24) is 4.98 Å². The Hall–Kier alpha value is -1.40. The van der Waals surface area contributed by atoms with Gasteiger partial charge in [0, 0.05) is 0 Å². The Morgan fingerprint density at radius 2 is 2.00 bits per heavy atom. The maximum Gasteiger partial charge on any atom is 0.240 e. The summed E-state index contributed by atoms with van der Waals surface area (Å²) in [5, 5.41) is 4.63. The molecule has 0 spiro atoms. The van der Waals surface area contributed by atoms with Crippen LogP contribution < -0.4 is 16.0 Å². The van der Waals surface area contributed by atoms with Crippen LogP contribution in [-0.4, -0.2) is 4.98 Å². The van der Waals surface area contributed by atoms with Crippen LogP contribution in [0.3, 0.4) is 0 Å². The van der Waals surface area contributed by atoms with E-state index in [2.05, 4.69) is 15.5 Å². The molecule has 0 saturated carbocycles. The molecule has 2 aromatic rings. The van der Waals surface area contributed by atoms with Crippen LogP contribution in [0.2, 0.25) is 0 Å². The number of hydrogen-bond donors (Lipinski definition) is 2. The van der Waals surface area contributed by atoms with Crippen molar-refractivity contribution in [2.45, 2.75) is 0 Å². The molecule has 4 nitrogen and oxygen atoms in total. The molecule has 14 heavy (non-hydrogen) atoms. The highest BCUT2D eigenvalue weighted by Gasteiger charge is 1.91. The van der Waals surface area contributed by atoms with E-state index in [1.807, 2.05) is 30.3 Å². The Labute approximate surface area is 88.1 Å². The molecule has 0 unspecified atom stereocenters. The Morgan fingerprint density at radius 1 is 1.21 bits per heavy atom. The third-order valence-electron chi connectivity index (χ3n) is 1.46. The lowest BCUT2D eigenvalue weighted by molar-refractivity contribution is 1.17. The number of nitrogens with two attached hydrogens (primary N) is 1. The Balaban J connectivity index is 2.15. The highest BCUT2D eigenvalue weighted by atomic mass is 32.9. The average molecular weight is 224 g/mol. The van der Waals surface area contributed by atoms with Crippen molar-refractivity contribution in [1.29, 1.82) is 0 Å². The zero-order chi connectivity index (χ0) is 9.80. The molecule has 0 aliphatic heterocycles. The van der Waals surface area contributed by atoms with Crippen LogP contribution in [0.15, 0.2) is 35.4 Å². The maximum atomic E-state index is 5.48. The number of anilines is 2. The zero-order valence-corrected chi connectivity index (χ0v) is 8.81. The SMILES string of the molecule is Nc1n/c(=N\Nc2ccccc2)ss1. The molecule has 0 fully saturated rings. The van der Waals surface area contributed by atoms with E-state index in [1.54, 1.807) is 0 Å². The fourth-order valence-corrected chi connectivity index (χ4v) is 2.26. The van der Waals surface area contributed by atoms with E-state index in [4.69, 9.17) is 5.73 Å². The number of rotatable bonds is 2. The molecule has 0 radical (unpaired) electrons. The largest absolute Gasteiger partial charge is 0.374 e. The first kappa shape index (κ1) is 9.17. The summed E-state index contributed by atoms with van der Waals surface area (Å²) in [6.45, 7) is 0. The Bertz CT molecular complexity index is 459. The summed E-state index contributed by atoms with van der Waals surface area (Å²) < 4.78 is 0.